The number of nitrogens with one attached hydrogen (secondary N) is 1. The molecule has 2 aromatic rings. The van der Waals surface area contributed by atoms with Crippen LogP contribution in [0, 0.1) is 0 Å². The number of carbonyl (C=O) groups is 5. The Balaban J connectivity index is 0.000000199. The number of nitrogens with zero attached hydrogens (tertiary/aromatic N) is 5. The number of rotatable bonds is 4. The fraction of sp³-hybridized carbons (Fsp3) is 0.452. The van der Waals surface area contributed by atoms with E-state index < -0.39 is 62.6 Å². The highest BCUT2D eigenvalue weighted by Crippen LogP contribution is 2.31. The zero-order chi connectivity index (χ0) is 35.7. The molecule has 6 rings (SSSR count). The molecule has 0 unspecified atom stereocenters. The van der Waals surface area contributed by atoms with Crippen molar-refractivity contribution >= 4 is 49.8 Å². The number of hydrogen-bond acceptors (Lipinski definition) is 11. The molecule has 1 N–H and O–H groups in total. The molecule has 0 saturated carbocycles. The van der Waals surface area contributed by atoms with Crippen LogP contribution in [0.3, 0.4) is 0 Å². The molecule has 2 saturated heterocycles. The van der Waals surface area contributed by atoms with Gasteiger partial charge < -0.3 is 24.8 Å². The zero-order valence-electron chi connectivity index (χ0n) is 27.3. The van der Waals surface area contributed by atoms with Crippen LogP contribution in [0.1, 0.15) is 41.5 Å². The highest BCUT2D eigenvalue weighted by Gasteiger charge is 2.44. The lowest BCUT2D eigenvalue weighted by Gasteiger charge is -2.36. The summed E-state index contributed by atoms with van der Waals surface area (Å²) in [5, 5.41) is 3.11. The van der Waals surface area contributed by atoms with Crippen LogP contribution in [0.4, 0.5) is 4.79 Å². The fourth-order valence-electron chi connectivity index (χ4n) is 5.60. The lowest BCUT2D eigenvalue weighted by Crippen LogP contribution is -2.53. The van der Waals surface area contributed by atoms with Crippen molar-refractivity contribution in [3.05, 3.63) is 59.7 Å². The van der Waals surface area contributed by atoms with E-state index in [9.17, 15) is 40.8 Å². The predicted octanol–water partition coefficient (Wildman–Crippen LogP) is 0.173. The summed E-state index contributed by atoms with van der Waals surface area (Å²) < 4.78 is 56.4. The van der Waals surface area contributed by atoms with Crippen molar-refractivity contribution in [2.45, 2.75) is 36.2 Å². The van der Waals surface area contributed by atoms with Crippen molar-refractivity contribution in [3.8, 4) is 0 Å². The molecule has 264 valence electrons. The molecule has 0 aromatic heterocycles. The van der Waals surface area contributed by atoms with Gasteiger partial charge in [0, 0.05) is 52.4 Å². The Labute approximate surface area is 284 Å². The summed E-state index contributed by atoms with van der Waals surface area (Å²) in [5.74, 6) is -2.15. The van der Waals surface area contributed by atoms with Crippen molar-refractivity contribution in [3.63, 3.8) is 0 Å². The number of piperazine rings is 2. The number of benzene rings is 2. The van der Waals surface area contributed by atoms with Gasteiger partial charge in [-0.3, -0.25) is 19.2 Å². The van der Waals surface area contributed by atoms with Gasteiger partial charge >= 0.3 is 6.09 Å². The van der Waals surface area contributed by atoms with Crippen LogP contribution in [-0.2, 0) is 34.4 Å². The summed E-state index contributed by atoms with van der Waals surface area (Å²) in [6.45, 7) is 7.77. The van der Waals surface area contributed by atoms with Crippen LogP contribution < -0.4 is 5.32 Å². The van der Waals surface area contributed by atoms with Gasteiger partial charge in [0.1, 0.15) is 28.5 Å². The van der Waals surface area contributed by atoms with E-state index in [1.54, 1.807) is 43.9 Å². The summed E-state index contributed by atoms with van der Waals surface area (Å²) in [6.07, 6.45) is -0.452. The minimum Gasteiger partial charge on any atom is -0.444 e. The van der Waals surface area contributed by atoms with Crippen LogP contribution in [0.5, 0.6) is 0 Å². The molecular formula is C31H38N6O10S2. The monoisotopic (exact) mass is 718 g/mol. The Bertz CT molecular complexity index is 1880. The number of ether oxygens (including phenoxy) is 1. The summed E-state index contributed by atoms with van der Waals surface area (Å²) in [7, 11) is -7.93. The van der Waals surface area contributed by atoms with Gasteiger partial charge in [0.25, 0.3) is 31.9 Å². The van der Waals surface area contributed by atoms with Crippen molar-refractivity contribution in [2.75, 3.05) is 65.4 Å². The first kappa shape index (κ1) is 35.7. The number of hydrogen-bond donors (Lipinski definition) is 1. The topological polar surface area (TPSA) is 191 Å². The second-order valence-electron chi connectivity index (χ2n) is 12.6. The third-order valence-corrected chi connectivity index (χ3v) is 11.7. The van der Waals surface area contributed by atoms with Gasteiger partial charge in [0.2, 0.25) is 11.8 Å². The molecule has 2 fully saturated rings. The minimum atomic E-state index is -4.02. The molecule has 4 heterocycles. The Kier molecular flexibility index (Phi) is 10.0. The lowest BCUT2D eigenvalue weighted by atomic mass is 10.2. The molecule has 4 aliphatic rings. The molecular weight excluding hydrogens is 681 g/mol. The molecule has 0 atom stereocenters. The van der Waals surface area contributed by atoms with Crippen molar-refractivity contribution in [1.82, 2.24) is 28.6 Å². The van der Waals surface area contributed by atoms with Crippen molar-refractivity contribution in [1.29, 1.82) is 0 Å². The Morgan fingerprint density at radius 1 is 0.653 bits per heavy atom. The highest BCUT2D eigenvalue weighted by molar-refractivity contribution is 7.90. The molecule has 0 radical (unpaired) electrons. The maximum Gasteiger partial charge on any atom is 0.410 e. The maximum atomic E-state index is 12.6. The van der Waals surface area contributed by atoms with E-state index in [4.69, 9.17) is 4.74 Å². The van der Waals surface area contributed by atoms with Crippen molar-refractivity contribution < 1.29 is 45.5 Å². The SMILES string of the molecule is CC(C)(C)OC(=O)N1CCN(C(=O)CN2C(=O)c3ccccc3S2(=O)=O)CC1.O=C(CN1C(=O)c2ccccc2S1(=O)=O)N1CCNCC1. The van der Waals surface area contributed by atoms with Crippen LogP contribution in [0.15, 0.2) is 58.3 Å². The first-order valence-electron chi connectivity index (χ1n) is 15.6. The predicted molar refractivity (Wildman–Crippen MR) is 173 cm³/mol. The largest absolute Gasteiger partial charge is 0.444 e. The zero-order valence-corrected chi connectivity index (χ0v) is 29.0. The fourth-order valence-corrected chi connectivity index (χ4v) is 8.64. The molecule has 49 heavy (non-hydrogen) atoms. The second kappa shape index (κ2) is 13.8. The molecule has 4 aliphatic heterocycles. The van der Waals surface area contributed by atoms with E-state index in [1.165, 1.54) is 40.1 Å². The Morgan fingerprint density at radius 3 is 1.45 bits per heavy atom. The normalized spacial score (nSPS) is 19.5. The first-order valence-corrected chi connectivity index (χ1v) is 18.5. The summed E-state index contributed by atoms with van der Waals surface area (Å²) in [5.41, 5.74) is -0.403. The molecule has 2 aromatic carbocycles. The number of sulfonamides is 2. The molecule has 0 spiro atoms. The highest BCUT2D eigenvalue weighted by atomic mass is 32.2. The van der Waals surface area contributed by atoms with Crippen molar-refractivity contribution in [2.24, 2.45) is 0 Å². The van der Waals surface area contributed by atoms with E-state index in [-0.39, 0.29) is 53.0 Å². The Morgan fingerprint density at radius 2 is 1.04 bits per heavy atom. The van der Waals surface area contributed by atoms with Gasteiger partial charge in [0.15, 0.2) is 0 Å². The van der Waals surface area contributed by atoms with E-state index in [0.717, 1.165) is 0 Å². The molecule has 0 aliphatic carbocycles. The van der Waals surface area contributed by atoms with Crippen LogP contribution in [-0.4, -0.2) is 141 Å². The van der Waals surface area contributed by atoms with Gasteiger partial charge in [-0.2, -0.15) is 0 Å². The number of fused-ring (bicyclic) bond motifs is 2. The van der Waals surface area contributed by atoms with Crippen LogP contribution in [0.25, 0.3) is 0 Å². The van der Waals surface area contributed by atoms with Gasteiger partial charge in [-0.1, -0.05) is 24.3 Å². The Hall–Kier alpha value is -4.55. The molecule has 0 bridgehead atoms. The van der Waals surface area contributed by atoms with Gasteiger partial charge in [0.05, 0.1) is 11.1 Å². The first-order chi connectivity index (χ1) is 23.0. The number of carbonyl (C=O) groups excluding carboxylic acids is 5. The standard InChI is InChI=1S/C18H23N3O6S.C13H15N3O4S/c1-18(2,3)27-17(24)20-10-8-19(9-11-20)15(22)12-21-16(23)13-6-4-5-7-14(13)28(21,25)26;17-12(15-7-5-14-6-8-15)9-16-13(18)10-3-1-2-4-11(10)21(16,19)20/h4-7H,8-12H2,1-3H3;1-4,14H,5-9H2. The molecule has 5 amide bonds. The van der Waals surface area contributed by atoms with E-state index in [2.05, 4.69) is 5.32 Å². The van der Waals surface area contributed by atoms with Crippen LogP contribution in [0.2, 0.25) is 0 Å². The third-order valence-electron chi connectivity index (χ3n) is 8.14. The molecule has 18 heteroatoms. The smallest absolute Gasteiger partial charge is 0.410 e. The van der Waals surface area contributed by atoms with E-state index in [0.29, 0.717) is 34.8 Å². The lowest BCUT2D eigenvalue weighted by molar-refractivity contribution is -0.133. The minimum absolute atomic E-state index is 0.0249. The second-order valence-corrected chi connectivity index (χ2v) is 16.3. The average Bonchev–Trinajstić information content (AvgIpc) is 3.38. The molecule has 16 nitrogen and oxygen atoms in total. The summed E-state index contributed by atoms with van der Waals surface area (Å²) in [6, 6.07) is 11.9. The summed E-state index contributed by atoms with van der Waals surface area (Å²) in [4.78, 5) is 65.9. The van der Waals surface area contributed by atoms with Crippen LogP contribution >= 0.6 is 0 Å². The third kappa shape index (κ3) is 7.40. The maximum absolute atomic E-state index is 12.6. The van der Waals surface area contributed by atoms with E-state index in [1.807, 2.05) is 0 Å². The number of amides is 5. The average molecular weight is 719 g/mol. The quantitative estimate of drug-likeness (QED) is 0.454. The summed E-state index contributed by atoms with van der Waals surface area (Å²) >= 11 is 0. The van der Waals surface area contributed by atoms with Gasteiger partial charge in [-0.05, 0) is 45.0 Å². The van der Waals surface area contributed by atoms with E-state index >= 15 is 0 Å². The van der Waals surface area contributed by atoms with Gasteiger partial charge in [-0.25, -0.2) is 30.2 Å². The van der Waals surface area contributed by atoms with Gasteiger partial charge in [-0.15, -0.1) is 0 Å².